The van der Waals surface area contributed by atoms with Crippen LogP contribution in [0.2, 0.25) is 0 Å². The predicted molar refractivity (Wildman–Crippen MR) is 73.6 cm³/mol. The van der Waals surface area contributed by atoms with Crippen LogP contribution in [0.1, 0.15) is 12.5 Å². The molecule has 0 saturated carbocycles. The highest BCUT2D eigenvalue weighted by atomic mass is 16.7. The lowest BCUT2D eigenvalue weighted by molar-refractivity contribution is -0.204. The number of fused-ring (bicyclic) bond motifs is 1. The van der Waals surface area contributed by atoms with Crippen LogP contribution in [0.3, 0.4) is 0 Å². The first kappa shape index (κ1) is 12.5. The molecule has 1 aliphatic rings. The summed E-state index contributed by atoms with van der Waals surface area (Å²) in [6.45, 7) is 2.01. The summed E-state index contributed by atoms with van der Waals surface area (Å²) in [4.78, 5) is 12.3. The van der Waals surface area contributed by atoms with E-state index < -0.39 is 11.8 Å². The topological polar surface area (TPSA) is 44.8 Å². The number of rotatable bonds is 3. The molecule has 4 heteroatoms. The molecule has 0 N–H and O–H groups in total. The Morgan fingerprint density at radius 1 is 1.10 bits per heavy atom. The van der Waals surface area contributed by atoms with Crippen LogP contribution in [0.5, 0.6) is 0 Å². The van der Waals surface area contributed by atoms with E-state index in [2.05, 4.69) is 0 Å². The molecule has 2 aromatic rings. The van der Waals surface area contributed by atoms with Gasteiger partial charge in [0.25, 0.3) is 0 Å². The lowest BCUT2D eigenvalue weighted by Crippen LogP contribution is -2.38. The van der Waals surface area contributed by atoms with Crippen molar-refractivity contribution in [1.82, 2.24) is 0 Å². The van der Waals surface area contributed by atoms with E-state index in [1.807, 2.05) is 42.5 Å². The maximum absolute atomic E-state index is 12.3. The van der Waals surface area contributed by atoms with Crippen LogP contribution in [0.15, 0.2) is 55.0 Å². The molecule has 2 aromatic carbocycles. The molecule has 0 saturated heterocycles. The Morgan fingerprint density at radius 2 is 1.80 bits per heavy atom. The van der Waals surface area contributed by atoms with Crippen LogP contribution < -0.4 is 0 Å². The zero-order valence-corrected chi connectivity index (χ0v) is 11.0. The Hall–Kier alpha value is -2.49. The van der Waals surface area contributed by atoms with Crippen molar-refractivity contribution in [3.8, 4) is 0 Å². The van der Waals surface area contributed by atoms with Crippen LogP contribution in [0.25, 0.3) is 10.8 Å². The number of hydrogen-bond donors (Lipinski definition) is 0. The summed E-state index contributed by atoms with van der Waals surface area (Å²) in [6, 6.07) is 13.4. The van der Waals surface area contributed by atoms with Gasteiger partial charge in [-0.25, -0.2) is 4.79 Å². The highest BCUT2D eigenvalue weighted by Crippen LogP contribution is 2.37. The molecule has 4 nitrogen and oxygen atoms in total. The van der Waals surface area contributed by atoms with Gasteiger partial charge < -0.3 is 14.2 Å². The van der Waals surface area contributed by atoms with Crippen LogP contribution >= 0.6 is 0 Å². The first-order valence-corrected chi connectivity index (χ1v) is 6.44. The van der Waals surface area contributed by atoms with Crippen molar-refractivity contribution in [3.63, 3.8) is 0 Å². The third-order valence-corrected chi connectivity index (χ3v) is 3.21. The number of hydrogen-bond acceptors (Lipinski definition) is 4. The minimum absolute atomic E-state index is 0.262. The van der Waals surface area contributed by atoms with E-state index in [-0.39, 0.29) is 6.61 Å². The predicted octanol–water partition coefficient (Wildman–Crippen LogP) is 3.07. The number of benzene rings is 2. The zero-order valence-electron chi connectivity index (χ0n) is 11.0. The van der Waals surface area contributed by atoms with Crippen molar-refractivity contribution in [2.75, 3.05) is 6.61 Å². The molecule has 3 rings (SSSR count). The molecular formula is C16H14O4. The smallest absolute Gasteiger partial charge is 0.398 e. The van der Waals surface area contributed by atoms with Crippen LogP contribution in [-0.2, 0) is 24.8 Å². The molecule has 0 amide bonds. The van der Waals surface area contributed by atoms with Gasteiger partial charge in [0.05, 0.1) is 12.2 Å². The second-order valence-corrected chi connectivity index (χ2v) is 4.37. The summed E-state index contributed by atoms with van der Waals surface area (Å²) >= 11 is 0. The van der Waals surface area contributed by atoms with Gasteiger partial charge >= 0.3 is 11.8 Å². The molecule has 0 spiro atoms. The SMILES string of the molecule is CCOC(=O)C1(c2cccc3ccccc23)OC=CO1. The summed E-state index contributed by atoms with van der Waals surface area (Å²) < 4.78 is 16.0. The van der Waals surface area contributed by atoms with E-state index in [9.17, 15) is 4.79 Å². The lowest BCUT2D eigenvalue weighted by atomic mass is 9.97. The van der Waals surface area contributed by atoms with E-state index in [1.165, 1.54) is 12.5 Å². The molecular weight excluding hydrogens is 256 g/mol. The highest BCUT2D eigenvalue weighted by Gasteiger charge is 2.49. The second-order valence-electron chi connectivity index (χ2n) is 4.37. The molecule has 0 radical (unpaired) electrons. The Bertz CT molecular complexity index is 662. The van der Waals surface area contributed by atoms with Crippen molar-refractivity contribution in [1.29, 1.82) is 0 Å². The highest BCUT2D eigenvalue weighted by molar-refractivity contribution is 5.92. The first-order valence-electron chi connectivity index (χ1n) is 6.44. The number of esters is 1. The largest absolute Gasteiger partial charge is 0.460 e. The Kier molecular flexibility index (Phi) is 3.06. The van der Waals surface area contributed by atoms with Crippen molar-refractivity contribution in [2.24, 2.45) is 0 Å². The van der Waals surface area contributed by atoms with Crippen LogP contribution in [0, 0.1) is 0 Å². The molecule has 1 heterocycles. The fourth-order valence-electron chi connectivity index (χ4n) is 2.35. The van der Waals surface area contributed by atoms with Gasteiger partial charge in [0, 0.05) is 0 Å². The monoisotopic (exact) mass is 270 g/mol. The van der Waals surface area contributed by atoms with E-state index in [4.69, 9.17) is 14.2 Å². The number of ether oxygens (including phenoxy) is 3. The summed E-state index contributed by atoms with van der Waals surface area (Å²) in [5.41, 5.74) is 0.638. The van der Waals surface area contributed by atoms with Gasteiger partial charge in [0.2, 0.25) is 0 Å². The maximum Gasteiger partial charge on any atom is 0.398 e. The van der Waals surface area contributed by atoms with Gasteiger partial charge in [0.1, 0.15) is 12.5 Å². The van der Waals surface area contributed by atoms with Crippen molar-refractivity contribution < 1.29 is 19.0 Å². The molecule has 20 heavy (non-hydrogen) atoms. The molecule has 0 unspecified atom stereocenters. The normalized spacial score (nSPS) is 15.7. The third-order valence-electron chi connectivity index (χ3n) is 3.21. The molecule has 102 valence electrons. The lowest BCUT2D eigenvalue weighted by Gasteiger charge is -2.26. The van der Waals surface area contributed by atoms with E-state index in [0.717, 1.165) is 10.8 Å². The summed E-state index contributed by atoms with van der Waals surface area (Å²) in [6.07, 6.45) is 2.72. The quantitative estimate of drug-likeness (QED) is 0.804. The van der Waals surface area contributed by atoms with E-state index in [0.29, 0.717) is 5.56 Å². The second kappa shape index (κ2) is 4.89. The average molecular weight is 270 g/mol. The van der Waals surface area contributed by atoms with Crippen molar-refractivity contribution in [3.05, 3.63) is 60.6 Å². The summed E-state index contributed by atoms with van der Waals surface area (Å²) in [5, 5.41) is 1.90. The Morgan fingerprint density at radius 3 is 2.55 bits per heavy atom. The molecule has 0 aromatic heterocycles. The standard InChI is InChI=1S/C16H14O4/c1-2-18-15(17)16(19-10-11-20-16)14-9-5-7-12-6-3-4-8-13(12)14/h3-11H,2H2,1H3. The van der Waals surface area contributed by atoms with E-state index >= 15 is 0 Å². The van der Waals surface area contributed by atoms with Crippen molar-refractivity contribution in [2.45, 2.75) is 12.7 Å². The number of carbonyl (C=O) groups excluding carboxylic acids is 1. The molecule has 0 aliphatic carbocycles. The van der Waals surface area contributed by atoms with Gasteiger partial charge in [-0.3, -0.25) is 0 Å². The molecule has 0 atom stereocenters. The molecule has 1 aliphatic heterocycles. The first-order chi connectivity index (χ1) is 9.78. The fraction of sp³-hybridized carbons (Fsp3) is 0.188. The van der Waals surface area contributed by atoms with Gasteiger partial charge in [-0.2, -0.15) is 0 Å². The average Bonchev–Trinajstić information content (AvgIpc) is 2.97. The molecule has 0 fully saturated rings. The van der Waals surface area contributed by atoms with Gasteiger partial charge in [-0.15, -0.1) is 0 Å². The zero-order chi connectivity index (χ0) is 14.0. The fourth-order valence-corrected chi connectivity index (χ4v) is 2.35. The molecule has 0 bridgehead atoms. The Labute approximate surface area is 116 Å². The van der Waals surface area contributed by atoms with Gasteiger partial charge in [-0.05, 0) is 23.8 Å². The minimum Gasteiger partial charge on any atom is -0.460 e. The van der Waals surface area contributed by atoms with Crippen LogP contribution in [-0.4, -0.2) is 12.6 Å². The minimum atomic E-state index is -1.54. The summed E-state index contributed by atoms with van der Waals surface area (Å²) in [7, 11) is 0. The number of carbonyl (C=O) groups is 1. The summed E-state index contributed by atoms with van der Waals surface area (Å²) in [5.74, 6) is -2.10. The van der Waals surface area contributed by atoms with Gasteiger partial charge in [0.15, 0.2) is 0 Å². The van der Waals surface area contributed by atoms with Crippen molar-refractivity contribution >= 4 is 16.7 Å². The van der Waals surface area contributed by atoms with Gasteiger partial charge in [-0.1, -0.05) is 36.4 Å². The maximum atomic E-state index is 12.3. The van der Waals surface area contributed by atoms with Crippen LogP contribution in [0.4, 0.5) is 0 Å². The Balaban J connectivity index is 2.18. The van der Waals surface area contributed by atoms with E-state index in [1.54, 1.807) is 6.92 Å². The third kappa shape index (κ3) is 1.81.